The van der Waals surface area contributed by atoms with E-state index in [9.17, 15) is 14.9 Å². The van der Waals surface area contributed by atoms with Gasteiger partial charge in [0.25, 0.3) is 11.6 Å². The normalized spacial score (nSPS) is 11.3. The number of carbonyl (C=O) groups excluding carboxylic acids is 1. The van der Waals surface area contributed by atoms with Gasteiger partial charge in [-0.3, -0.25) is 20.4 Å². The Kier molecular flexibility index (Phi) is 6.96. The van der Waals surface area contributed by atoms with Crippen molar-refractivity contribution in [1.82, 2.24) is 20.3 Å². The van der Waals surface area contributed by atoms with Crippen LogP contribution in [0.25, 0.3) is 10.9 Å². The zero-order valence-corrected chi connectivity index (χ0v) is 19.3. The maximum Gasteiger partial charge on any atom is 0.384 e. The number of amides is 2. The first kappa shape index (κ1) is 23.4. The second-order valence-electron chi connectivity index (χ2n) is 7.90. The molecule has 0 spiro atoms. The van der Waals surface area contributed by atoms with Gasteiger partial charge in [0.1, 0.15) is 0 Å². The van der Waals surface area contributed by atoms with E-state index >= 15 is 0 Å². The molecule has 0 radical (unpaired) electrons. The molecule has 0 unspecified atom stereocenters. The number of carbonyl (C=O) groups is 1. The van der Waals surface area contributed by atoms with E-state index in [4.69, 9.17) is 0 Å². The molecule has 5 N–H and O–H groups in total. The minimum Gasteiger partial charge on any atom is -0.361 e. The highest BCUT2D eigenvalue weighted by Gasteiger charge is 2.17. The highest BCUT2D eigenvalue weighted by Crippen LogP contribution is 2.18. The van der Waals surface area contributed by atoms with Crippen LogP contribution in [-0.2, 0) is 6.42 Å². The second kappa shape index (κ2) is 10.4. The maximum atomic E-state index is 12.7. The summed E-state index contributed by atoms with van der Waals surface area (Å²) in [5, 5.41) is 20.5. The fourth-order valence-electron chi connectivity index (χ4n) is 3.65. The number of nitrogens with one attached hydrogen (secondary N) is 5. The molecule has 2 aromatic heterocycles. The van der Waals surface area contributed by atoms with Crippen molar-refractivity contribution in [2.45, 2.75) is 20.3 Å². The maximum absolute atomic E-state index is 12.7. The smallest absolute Gasteiger partial charge is 0.361 e. The van der Waals surface area contributed by atoms with Gasteiger partial charge in [-0.1, -0.05) is 24.3 Å². The Balaban J connectivity index is 1.50. The molecule has 0 fully saturated rings. The number of H-pyrrole nitrogens is 1. The third-order valence-electron chi connectivity index (χ3n) is 5.14. The molecule has 178 valence electrons. The Hall–Kier alpha value is -4.80. The van der Waals surface area contributed by atoms with E-state index in [0.717, 1.165) is 27.9 Å². The van der Waals surface area contributed by atoms with Crippen LogP contribution in [-0.4, -0.2) is 38.4 Å². The molecule has 0 saturated heterocycles. The van der Waals surface area contributed by atoms with Crippen molar-refractivity contribution < 1.29 is 14.7 Å². The largest absolute Gasteiger partial charge is 0.384 e. The van der Waals surface area contributed by atoms with Gasteiger partial charge in [-0.05, 0) is 37.6 Å². The van der Waals surface area contributed by atoms with Gasteiger partial charge in [0, 0.05) is 47.0 Å². The average molecular weight is 474 g/mol. The zero-order chi connectivity index (χ0) is 24.8. The minimum atomic E-state index is -0.586. The quantitative estimate of drug-likeness (QED) is 0.125. The molecule has 0 aliphatic heterocycles. The number of fused-ring (bicyclic) bond motifs is 1. The fraction of sp³-hybridized carbons (Fsp3) is 0.167. The van der Waals surface area contributed by atoms with Crippen molar-refractivity contribution in [3.63, 3.8) is 0 Å². The van der Waals surface area contributed by atoms with Crippen molar-refractivity contribution in [2.75, 3.05) is 17.2 Å². The monoisotopic (exact) mass is 473 g/mol. The number of rotatable bonds is 6. The van der Waals surface area contributed by atoms with Crippen LogP contribution in [0.1, 0.15) is 17.0 Å². The first-order valence-electron chi connectivity index (χ1n) is 10.9. The summed E-state index contributed by atoms with van der Waals surface area (Å²) < 4.78 is 0. The summed E-state index contributed by atoms with van der Waals surface area (Å²) >= 11 is 0. The number of non-ortho nitro benzene ring substituents is 1. The summed E-state index contributed by atoms with van der Waals surface area (Å²) in [7, 11) is 0. The minimum absolute atomic E-state index is 0.120. The van der Waals surface area contributed by atoms with Gasteiger partial charge < -0.3 is 4.98 Å². The van der Waals surface area contributed by atoms with E-state index in [2.05, 4.69) is 42.0 Å². The lowest BCUT2D eigenvalue weighted by atomic mass is 10.1. The van der Waals surface area contributed by atoms with E-state index < -0.39 is 11.0 Å². The van der Waals surface area contributed by atoms with Crippen molar-refractivity contribution in [3.05, 3.63) is 87.9 Å². The van der Waals surface area contributed by atoms with Crippen LogP contribution >= 0.6 is 0 Å². The molecule has 35 heavy (non-hydrogen) atoms. The number of hydrogen-bond donors (Lipinski definition) is 5. The summed E-state index contributed by atoms with van der Waals surface area (Å²) in [5.41, 5.74) is 3.92. The number of para-hydroxylation sites is 1. The third kappa shape index (κ3) is 6.16. The third-order valence-corrected chi connectivity index (χ3v) is 5.14. The molecule has 0 aliphatic carbocycles. The molecule has 11 heteroatoms. The van der Waals surface area contributed by atoms with E-state index in [-0.39, 0.29) is 17.3 Å². The van der Waals surface area contributed by atoms with Gasteiger partial charge in [0.2, 0.25) is 0 Å². The number of benzene rings is 2. The number of urea groups is 1. The van der Waals surface area contributed by atoms with Gasteiger partial charge in [0.15, 0.2) is 0 Å². The molecule has 4 aromatic rings. The lowest BCUT2D eigenvalue weighted by Crippen LogP contribution is -2.79. The van der Waals surface area contributed by atoms with Crippen LogP contribution in [0, 0.1) is 24.0 Å². The summed E-state index contributed by atoms with van der Waals surface area (Å²) in [4.78, 5) is 38.3. The van der Waals surface area contributed by atoms with Gasteiger partial charge in [-0.15, -0.1) is 0 Å². The number of hydrogen-bond acceptors (Lipinski definition) is 5. The predicted octanol–water partition coefficient (Wildman–Crippen LogP) is 2.40. The first-order chi connectivity index (χ1) is 16.9. The zero-order valence-electron chi connectivity index (χ0n) is 19.3. The number of aromatic amines is 1. The average Bonchev–Trinajstić information content (AvgIpc) is 3.21. The lowest BCUT2D eigenvalue weighted by Gasteiger charge is -2.07. The van der Waals surface area contributed by atoms with Crippen molar-refractivity contribution >= 4 is 40.2 Å². The topological polar surface area (TPSA) is 152 Å². The molecule has 0 aliphatic rings. The standard InChI is InChI=1S/C24H24N8O3/c1-15-12-16(2)28-23(27-15)30-22(25-11-10-17-14-26-21-9-4-3-8-20(17)21)31-24(33)29-18-6-5-7-19(13-18)32(34)35/h3-9,12-14,26H,10-11H2,1-2H3,(H3,25,27,28,29,30,31,33)/p+1. The molecule has 11 nitrogen and oxygen atoms in total. The highest BCUT2D eigenvalue weighted by molar-refractivity contribution is 6.04. The van der Waals surface area contributed by atoms with Gasteiger partial charge >= 0.3 is 12.0 Å². The summed E-state index contributed by atoms with van der Waals surface area (Å²) in [5.74, 6) is 0.602. The van der Waals surface area contributed by atoms with Gasteiger partial charge in [-0.25, -0.2) is 20.1 Å². The molecule has 2 aromatic carbocycles. The number of nitrogens with zero attached hydrogens (tertiary/aromatic N) is 3. The molecular weight excluding hydrogens is 448 g/mol. The SMILES string of the molecule is Cc1cc(C)nc(NC(NC(=O)Nc2cccc([N+](=O)[O-])c2)=[NH+]CCc2c[nH]c3ccccc23)n1. The predicted molar refractivity (Wildman–Crippen MR) is 133 cm³/mol. The number of aryl methyl sites for hydroxylation is 2. The van der Waals surface area contributed by atoms with Crippen LogP contribution in [0.2, 0.25) is 0 Å². The van der Waals surface area contributed by atoms with Gasteiger partial charge in [-0.2, -0.15) is 5.32 Å². The molecule has 0 atom stereocenters. The van der Waals surface area contributed by atoms with E-state index in [1.165, 1.54) is 18.2 Å². The van der Waals surface area contributed by atoms with Crippen LogP contribution in [0.5, 0.6) is 0 Å². The molecule has 0 saturated carbocycles. The van der Waals surface area contributed by atoms with Gasteiger partial charge in [0.05, 0.1) is 17.2 Å². The Labute approximate surface area is 200 Å². The fourth-order valence-corrected chi connectivity index (χ4v) is 3.65. The van der Waals surface area contributed by atoms with Crippen LogP contribution in [0.4, 0.5) is 22.1 Å². The van der Waals surface area contributed by atoms with E-state index in [1.807, 2.05) is 44.3 Å². The Morgan fingerprint density at radius 2 is 1.83 bits per heavy atom. The summed E-state index contributed by atoms with van der Waals surface area (Å²) in [6, 6.07) is 15.0. The molecule has 2 heterocycles. The Morgan fingerprint density at radius 1 is 1.06 bits per heavy atom. The molecular formula is C24H25N8O3+. The summed E-state index contributed by atoms with van der Waals surface area (Å²) in [6.07, 6.45) is 2.66. The molecule has 2 amide bonds. The van der Waals surface area contributed by atoms with E-state index in [0.29, 0.717) is 18.9 Å². The Bertz CT molecular complexity index is 1390. The number of aromatic nitrogens is 3. The van der Waals surface area contributed by atoms with Crippen LogP contribution in [0.15, 0.2) is 60.8 Å². The first-order valence-corrected chi connectivity index (χ1v) is 10.9. The van der Waals surface area contributed by atoms with Crippen LogP contribution < -0.4 is 20.9 Å². The second-order valence-corrected chi connectivity index (χ2v) is 7.90. The lowest BCUT2D eigenvalue weighted by molar-refractivity contribution is -0.458. The Morgan fingerprint density at radius 3 is 2.60 bits per heavy atom. The number of guanidine groups is 1. The van der Waals surface area contributed by atoms with Crippen molar-refractivity contribution in [3.8, 4) is 0 Å². The van der Waals surface area contributed by atoms with E-state index in [1.54, 1.807) is 6.07 Å². The number of nitro benzene ring substituents is 1. The highest BCUT2D eigenvalue weighted by atomic mass is 16.6. The molecule has 4 rings (SSSR count). The van der Waals surface area contributed by atoms with Crippen molar-refractivity contribution in [2.24, 2.45) is 0 Å². The van der Waals surface area contributed by atoms with Crippen LogP contribution in [0.3, 0.4) is 0 Å². The molecule has 0 bridgehead atoms. The number of anilines is 2. The number of nitro groups is 1. The summed E-state index contributed by atoms with van der Waals surface area (Å²) in [6.45, 7) is 4.21. The van der Waals surface area contributed by atoms with Crippen molar-refractivity contribution in [1.29, 1.82) is 0 Å².